The minimum absolute atomic E-state index is 0.0189. The van der Waals surface area contributed by atoms with E-state index in [1.54, 1.807) is 12.5 Å². The molecule has 2 N–H and O–H groups in total. The third-order valence-corrected chi connectivity index (χ3v) is 2.14. The molecule has 2 heterocycles. The van der Waals surface area contributed by atoms with Crippen LogP contribution >= 0.6 is 11.6 Å². The van der Waals surface area contributed by atoms with E-state index in [1.807, 2.05) is 0 Å². The second-order valence-corrected chi connectivity index (χ2v) is 3.43. The Morgan fingerprint density at radius 1 is 1.44 bits per heavy atom. The predicted octanol–water partition coefficient (Wildman–Crippen LogP) is 1.65. The van der Waals surface area contributed by atoms with E-state index in [4.69, 9.17) is 11.6 Å². The molecule has 0 bridgehead atoms. The van der Waals surface area contributed by atoms with Gasteiger partial charge in [0.25, 0.3) is 0 Å². The van der Waals surface area contributed by atoms with Crippen molar-refractivity contribution in [2.75, 3.05) is 11.9 Å². The van der Waals surface area contributed by atoms with Crippen LogP contribution in [0.1, 0.15) is 5.69 Å². The standard InChI is InChI=1S/C9H9ClFN5/c10-9-14-4-7(11)8(16-9)13-2-1-6-3-12-5-15-6/h3-5H,1-2H2,(H,12,15)(H,13,14,16). The van der Waals surface area contributed by atoms with Crippen molar-refractivity contribution >= 4 is 17.4 Å². The number of nitrogens with zero attached hydrogens (tertiary/aromatic N) is 3. The lowest BCUT2D eigenvalue weighted by Gasteiger charge is -2.05. The largest absolute Gasteiger partial charge is 0.367 e. The second-order valence-electron chi connectivity index (χ2n) is 3.09. The summed E-state index contributed by atoms with van der Waals surface area (Å²) in [6.07, 6.45) is 5.04. The Hall–Kier alpha value is -1.69. The first-order valence-electron chi connectivity index (χ1n) is 4.65. The molecular weight excluding hydrogens is 233 g/mol. The SMILES string of the molecule is Fc1cnc(Cl)nc1NCCc1cnc[nH]1. The number of anilines is 1. The van der Waals surface area contributed by atoms with E-state index in [2.05, 4.69) is 25.3 Å². The van der Waals surface area contributed by atoms with Gasteiger partial charge in [-0.3, -0.25) is 0 Å². The van der Waals surface area contributed by atoms with Crippen molar-refractivity contribution in [2.24, 2.45) is 0 Å². The molecule has 0 aliphatic heterocycles. The van der Waals surface area contributed by atoms with Gasteiger partial charge in [-0.1, -0.05) is 0 Å². The van der Waals surface area contributed by atoms with E-state index in [9.17, 15) is 4.39 Å². The summed E-state index contributed by atoms with van der Waals surface area (Å²) in [5.41, 5.74) is 0.966. The average molecular weight is 242 g/mol. The minimum Gasteiger partial charge on any atom is -0.367 e. The molecule has 16 heavy (non-hydrogen) atoms. The summed E-state index contributed by atoms with van der Waals surface area (Å²) in [5, 5.41) is 2.85. The summed E-state index contributed by atoms with van der Waals surface area (Å²) >= 11 is 5.55. The van der Waals surface area contributed by atoms with Crippen LogP contribution in [0.15, 0.2) is 18.7 Å². The van der Waals surface area contributed by atoms with Crippen LogP contribution in [0.25, 0.3) is 0 Å². The summed E-state index contributed by atoms with van der Waals surface area (Å²) in [5.74, 6) is -0.409. The van der Waals surface area contributed by atoms with Crippen LogP contribution in [0.5, 0.6) is 0 Å². The number of hydrogen-bond acceptors (Lipinski definition) is 4. The minimum atomic E-state index is -0.519. The second kappa shape index (κ2) is 4.89. The molecule has 2 aromatic heterocycles. The Morgan fingerprint density at radius 3 is 3.06 bits per heavy atom. The van der Waals surface area contributed by atoms with Gasteiger partial charge in [-0.05, 0) is 11.6 Å². The van der Waals surface area contributed by atoms with Crippen LogP contribution in [-0.4, -0.2) is 26.5 Å². The van der Waals surface area contributed by atoms with Crippen molar-refractivity contribution in [1.82, 2.24) is 19.9 Å². The van der Waals surface area contributed by atoms with Gasteiger partial charge in [0.1, 0.15) is 0 Å². The van der Waals surface area contributed by atoms with E-state index < -0.39 is 5.82 Å². The molecule has 0 aliphatic carbocycles. The summed E-state index contributed by atoms with van der Waals surface area (Å²) in [4.78, 5) is 14.1. The van der Waals surface area contributed by atoms with Gasteiger partial charge in [0.05, 0.1) is 12.5 Å². The lowest BCUT2D eigenvalue weighted by Crippen LogP contribution is -2.08. The number of hydrogen-bond donors (Lipinski definition) is 2. The molecule has 0 saturated carbocycles. The van der Waals surface area contributed by atoms with Crippen molar-refractivity contribution in [3.8, 4) is 0 Å². The Bertz CT molecular complexity index is 459. The third kappa shape index (κ3) is 2.66. The average Bonchev–Trinajstić information content (AvgIpc) is 2.76. The Labute approximate surface area is 96.1 Å². The highest BCUT2D eigenvalue weighted by molar-refractivity contribution is 6.28. The zero-order chi connectivity index (χ0) is 11.4. The smallest absolute Gasteiger partial charge is 0.224 e. The van der Waals surface area contributed by atoms with Crippen molar-refractivity contribution in [1.29, 1.82) is 0 Å². The van der Waals surface area contributed by atoms with Gasteiger partial charge in [0, 0.05) is 24.9 Å². The fourth-order valence-corrected chi connectivity index (χ4v) is 1.34. The molecule has 5 nitrogen and oxygen atoms in total. The first-order valence-corrected chi connectivity index (χ1v) is 5.02. The maximum Gasteiger partial charge on any atom is 0.224 e. The number of halogens is 2. The van der Waals surface area contributed by atoms with Crippen LogP contribution in [-0.2, 0) is 6.42 Å². The molecule has 2 aromatic rings. The van der Waals surface area contributed by atoms with Crippen LogP contribution in [0, 0.1) is 5.82 Å². The molecule has 0 radical (unpaired) electrons. The predicted molar refractivity (Wildman–Crippen MR) is 57.8 cm³/mol. The topological polar surface area (TPSA) is 66.5 Å². The van der Waals surface area contributed by atoms with Gasteiger partial charge in [-0.2, -0.15) is 4.98 Å². The van der Waals surface area contributed by atoms with Crippen molar-refractivity contribution < 1.29 is 4.39 Å². The quantitative estimate of drug-likeness (QED) is 0.799. The van der Waals surface area contributed by atoms with Crippen molar-refractivity contribution in [3.63, 3.8) is 0 Å². The van der Waals surface area contributed by atoms with Crippen LogP contribution < -0.4 is 5.32 Å². The molecule has 0 amide bonds. The van der Waals surface area contributed by atoms with E-state index in [1.165, 1.54) is 0 Å². The highest BCUT2D eigenvalue weighted by atomic mass is 35.5. The molecule has 2 rings (SSSR count). The highest BCUT2D eigenvalue weighted by Crippen LogP contribution is 2.11. The van der Waals surface area contributed by atoms with E-state index in [0.717, 1.165) is 11.9 Å². The zero-order valence-corrected chi connectivity index (χ0v) is 9.00. The number of rotatable bonds is 4. The monoisotopic (exact) mass is 241 g/mol. The van der Waals surface area contributed by atoms with E-state index in [0.29, 0.717) is 13.0 Å². The Balaban J connectivity index is 1.92. The van der Waals surface area contributed by atoms with Gasteiger partial charge < -0.3 is 10.3 Å². The number of H-pyrrole nitrogens is 1. The summed E-state index contributed by atoms with van der Waals surface area (Å²) < 4.78 is 13.2. The lowest BCUT2D eigenvalue weighted by molar-refractivity contribution is 0.616. The molecule has 84 valence electrons. The summed E-state index contributed by atoms with van der Waals surface area (Å²) in [7, 11) is 0. The normalized spacial score (nSPS) is 10.4. The molecule has 0 atom stereocenters. The molecule has 0 fully saturated rings. The van der Waals surface area contributed by atoms with Gasteiger partial charge in [0.15, 0.2) is 11.6 Å². The van der Waals surface area contributed by atoms with Crippen LogP contribution in [0.2, 0.25) is 5.28 Å². The van der Waals surface area contributed by atoms with E-state index in [-0.39, 0.29) is 11.1 Å². The van der Waals surface area contributed by atoms with Gasteiger partial charge >= 0.3 is 0 Å². The molecule has 0 spiro atoms. The number of imidazole rings is 1. The maximum absolute atomic E-state index is 13.2. The number of aromatic nitrogens is 4. The lowest BCUT2D eigenvalue weighted by atomic mass is 10.3. The van der Waals surface area contributed by atoms with Crippen LogP contribution in [0.4, 0.5) is 10.2 Å². The third-order valence-electron chi connectivity index (χ3n) is 1.96. The molecule has 0 unspecified atom stereocenters. The molecule has 0 aliphatic rings. The Morgan fingerprint density at radius 2 is 2.31 bits per heavy atom. The fourth-order valence-electron chi connectivity index (χ4n) is 1.21. The number of nitrogens with one attached hydrogen (secondary N) is 2. The first-order chi connectivity index (χ1) is 7.75. The highest BCUT2D eigenvalue weighted by Gasteiger charge is 2.04. The van der Waals surface area contributed by atoms with Gasteiger partial charge in [-0.25, -0.2) is 14.4 Å². The summed E-state index contributed by atoms with van der Waals surface area (Å²) in [6, 6.07) is 0. The Kier molecular flexibility index (Phi) is 3.31. The van der Waals surface area contributed by atoms with Crippen molar-refractivity contribution in [3.05, 3.63) is 35.5 Å². The molecule has 0 aromatic carbocycles. The maximum atomic E-state index is 13.2. The van der Waals surface area contributed by atoms with Gasteiger partial charge in [0.2, 0.25) is 5.28 Å². The first kappa shape index (κ1) is 10.8. The van der Waals surface area contributed by atoms with Crippen LogP contribution in [0.3, 0.4) is 0 Å². The molecule has 7 heteroatoms. The molecular formula is C9H9ClFN5. The summed E-state index contributed by atoms with van der Waals surface area (Å²) in [6.45, 7) is 0.534. The zero-order valence-electron chi connectivity index (χ0n) is 8.24. The molecule has 0 saturated heterocycles. The van der Waals surface area contributed by atoms with Gasteiger partial charge in [-0.15, -0.1) is 0 Å². The number of aromatic amines is 1. The fraction of sp³-hybridized carbons (Fsp3) is 0.222. The van der Waals surface area contributed by atoms with Crippen molar-refractivity contribution in [2.45, 2.75) is 6.42 Å². The van der Waals surface area contributed by atoms with E-state index >= 15 is 0 Å².